The molecule has 2 aromatic rings. The Morgan fingerprint density at radius 1 is 1.26 bits per heavy atom. The second-order valence-electron chi connectivity index (χ2n) is 4.10. The minimum atomic E-state index is -0.999. The monoisotopic (exact) mass is 257 g/mol. The molecule has 0 unspecified atom stereocenters. The molecule has 0 bridgehead atoms. The maximum absolute atomic E-state index is 12.8. The summed E-state index contributed by atoms with van der Waals surface area (Å²) in [5.41, 5.74) is 2.39. The molecule has 0 fully saturated rings. The molecule has 2 rings (SSSR count). The van der Waals surface area contributed by atoms with Crippen molar-refractivity contribution >= 4 is 17.6 Å². The Bertz CT molecular complexity index is 633. The number of hydrogen-bond acceptors (Lipinski definition) is 2. The fourth-order valence-electron chi connectivity index (χ4n) is 1.75. The topological polar surface area (TPSA) is 50.2 Å². The maximum Gasteiger partial charge on any atom is 0.336 e. The van der Waals surface area contributed by atoms with Gasteiger partial charge in [-0.2, -0.15) is 0 Å². The third-order valence-electron chi connectivity index (χ3n) is 2.75. The Morgan fingerprint density at radius 2 is 1.95 bits per heavy atom. The molecule has 0 saturated heterocycles. The molecule has 0 spiro atoms. The van der Waals surface area contributed by atoms with Gasteiger partial charge in [-0.05, 0) is 42.3 Å². The van der Waals surface area contributed by atoms with Crippen molar-refractivity contribution < 1.29 is 14.3 Å². The summed E-state index contributed by atoms with van der Waals surface area (Å²) in [4.78, 5) is 15.0. The zero-order valence-corrected chi connectivity index (χ0v) is 10.3. The highest BCUT2D eigenvalue weighted by atomic mass is 19.1. The quantitative estimate of drug-likeness (QED) is 0.915. The molecule has 0 atom stereocenters. The van der Waals surface area contributed by atoms with E-state index in [0.717, 1.165) is 11.1 Å². The van der Waals surface area contributed by atoms with Crippen molar-refractivity contribution in [3.05, 3.63) is 65.2 Å². The van der Waals surface area contributed by atoms with Crippen molar-refractivity contribution in [3.63, 3.8) is 0 Å². The van der Waals surface area contributed by atoms with E-state index in [1.807, 2.05) is 6.92 Å². The third-order valence-corrected chi connectivity index (χ3v) is 2.75. The van der Waals surface area contributed by atoms with Gasteiger partial charge in [-0.1, -0.05) is 12.1 Å². The number of carboxylic acids is 1. The van der Waals surface area contributed by atoms with Gasteiger partial charge in [-0.25, -0.2) is 9.18 Å². The van der Waals surface area contributed by atoms with Crippen LogP contribution in [0.25, 0.3) is 11.6 Å². The molecule has 1 N–H and O–H groups in total. The Kier molecular flexibility index (Phi) is 3.71. The van der Waals surface area contributed by atoms with Crippen LogP contribution in [0, 0.1) is 5.82 Å². The second kappa shape index (κ2) is 5.44. The zero-order valence-electron chi connectivity index (χ0n) is 10.3. The summed E-state index contributed by atoms with van der Waals surface area (Å²) >= 11 is 0. The molecule has 3 nitrogen and oxygen atoms in total. The predicted octanol–water partition coefficient (Wildman–Crippen LogP) is 3.48. The van der Waals surface area contributed by atoms with Crippen LogP contribution in [-0.2, 0) is 0 Å². The lowest BCUT2D eigenvalue weighted by Gasteiger charge is -2.04. The van der Waals surface area contributed by atoms with Crippen LogP contribution in [0.4, 0.5) is 4.39 Å². The lowest BCUT2D eigenvalue weighted by molar-refractivity contribution is 0.0696. The molecular formula is C15H12FNO2. The average Bonchev–Trinajstić information content (AvgIpc) is 2.39. The van der Waals surface area contributed by atoms with Gasteiger partial charge in [0.25, 0.3) is 0 Å². The highest BCUT2D eigenvalue weighted by molar-refractivity contribution is 5.94. The number of halogens is 1. The van der Waals surface area contributed by atoms with Gasteiger partial charge in [-0.15, -0.1) is 0 Å². The van der Waals surface area contributed by atoms with Crippen LogP contribution >= 0.6 is 0 Å². The van der Waals surface area contributed by atoms with Gasteiger partial charge >= 0.3 is 5.97 Å². The molecule has 0 aliphatic heterocycles. The minimum Gasteiger partial charge on any atom is -0.478 e. The van der Waals surface area contributed by atoms with Crippen molar-refractivity contribution in [2.75, 3.05) is 0 Å². The van der Waals surface area contributed by atoms with E-state index in [-0.39, 0.29) is 11.4 Å². The molecule has 19 heavy (non-hydrogen) atoms. The number of rotatable bonds is 3. The Morgan fingerprint density at radius 3 is 2.58 bits per heavy atom. The van der Waals surface area contributed by atoms with Crippen LogP contribution in [-0.4, -0.2) is 16.1 Å². The van der Waals surface area contributed by atoms with Crippen LogP contribution < -0.4 is 0 Å². The van der Waals surface area contributed by atoms with Crippen molar-refractivity contribution in [2.24, 2.45) is 0 Å². The SMILES string of the molecule is CC(=Cc1cnccc1C(=O)O)c1ccc(F)cc1. The van der Waals surface area contributed by atoms with E-state index in [1.165, 1.54) is 30.6 Å². The molecule has 0 radical (unpaired) electrons. The fourth-order valence-corrected chi connectivity index (χ4v) is 1.75. The molecule has 0 aliphatic rings. The van der Waals surface area contributed by atoms with E-state index >= 15 is 0 Å². The summed E-state index contributed by atoms with van der Waals surface area (Å²) < 4.78 is 12.8. The van der Waals surface area contributed by atoms with Gasteiger partial charge < -0.3 is 5.11 Å². The summed E-state index contributed by atoms with van der Waals surface area (Å²) in [5.74, 6) is -1.30. The summed E-state index contributed by atoms with van der Waals surface area (Å²) in [7, 11) is 0. The Hall–Kier alpha value is -2.49. The van der Waals surface area contributed by atoms with E-state index in [1.54, 1.807) is 18.2 Å². The van der Waals surface area contributed by atoms with Crippen LogP contribution in [0.1, 0.15) is 28.4 Å². The molecular weight excluding hydrogens is 245 g/mol. The Labute approximate surface area is 110 Å². The number of hydrogen-bond donors (Lipinski definition) is 1. The standard InChI is InChI=1S/C15H12FNO2/c1-10(11-2-4-13(16)5-3-11)8-12-9-17-7-6-14(12)15(18)19/h2-9H,1H3,(H,18,19). The molecule has 0 saturated carbocycles. The van der Waals surface area contributed by atoms with Gasteiger partial charge in [0.1, 0.15) is 5.82 Å². The van der Waals surface area contributed by atoms with E-state index < -0.39 is 5.97 Å². The van der Waals surface area contributed by atoms with Crippen LogP contribution in [0.15, 0.2) is 42.7 Å². The lowest BCUT2D eigenvalue weighted by Crippen LogP contribution is -1.99. The van der Waals surface area contributed by atoms with Crippen LogP contribution in [0.3, 0.4) is 0 Å². The van der Waals surface area contributed by atoms with Gasteiger partial charge in [0.05, 0.1) is 5.56 Å². The molecule has 1 aromatic carbocycles. The lowest BCUT2D eigenvalue weighted by atomic mass is 10.0. The fraction of sp³-hybridized carbons (Fsp3) is 0.0667. The van der Waals surface area contributed by atoms with Crippen LogP contribution in [0.2, 0.25) is 0 Å². The number of allylic oxidation sites excluding steroid dienone is 1. The molecule has 0 aliphatic carbocycles. The molecule has 1 heterocycles. The maximum atomic E-state index is 12.8. The molecule has 4 heteroatoms. The first-order valence-corrected chi connectivity index (χ1v) is 5.69. The average molecular weight is 257 g/mol. The van der Waals surface area contributed by atoms with Crippen molar-refractivity contribution in [3.8, 4) is 0 Å². The van der Waals surface area contributed by atoms with Gasteiger partial charge in [-0.3, -0.25) is 4.98 Å². The summed E-state index contributed by atoms with van der Waals surface area (Å²) in [6.45, 7) is 1.84. The molecule has 96 valence electrons. The third kappa shape index (κ3) is 3.04. The summed E-state index contributed by atoms with van der Waals surface area (Å²) in [6, 6.07) is 7.49. The second-order valence-corrected chi connectivity index (χ2v) is 4.10. The smallest absolute Gasteiger partial charge is 0.336 e. The number of nitrogens with zero attached hydrogens (tertiary/aromatic N) is 1. The van der Waals surface area contributed by atoms with Crippen molar-refractivity contribution in [2.45, 2.75) is 6.92 Å². The minimum absolute atomic E-state index is 0.191. The number of aromatic carboxylic acids is 1. The first kappa shape index (κ1) is 13.0. The van der Waals surface area contributed by atoms with Crippen molar-refractivity contribution in [1.29, 1.82) is 0 Å². The van der Waals surface area contributed by atoms with E-state index in [0.29, 0.717) is 5.56 Å². The highest BCUT2D eigenvalue weighted by Gasteiger charge is 2.08. The van der Waals surface area contributed by atoms with Crippen molar-refractivity contribution in [1.82, 2.24) is 4.98 Å². The first-order valence-electron chi connectivity index (χ1n) is 5.69. The van der Waals surface area contributed by atoms with Gasteiger partial charge in [0.15, 0.2) is 0 Å². The van der Waals surface area contributed by atoms with E-state index in [4.69, 9.17) is 5.11 Å². The molecule has 1 aromatic heterocycles. The van der Waals surface area contributed by atoms with E-state index in [2.05, 4.69) is 4.98 Å². The number of pyridine rings is 1. The van der Waals surface area contributed by atoms with Gasteiger partial charge in [0.2, 0.25) is 0 Å². The number of carbonyl (C=O) groups is 1. The normalized spacial score (nSPS) is 11.4. The zero-order chi connectivity index (χ0) is 13.8. The van der Waals surface area contributed by atoms with Crippen LogP contribution in [0.5, 0.6) is 0 Å². The predicted molar refractivity (Wildman–Crippen MR) is 71.1 cm³/mol. The Balaban J connectivity index is 2.41. The first-order chi connectivity index (χ1) is 9.08. The van der Waals surface area contributed by atoms with E-state index in [9.17, 15) is 9.18 Å². The highest BCUT2D eigenvalue weighted by Crippen LogP contribution is 2.19. The summed E-state index contributed by atoms with van der Waals surface area (Å²) in [5, 5.41) is 9.08. The summed E-state index contributed by atoms with van der Waals surface area (Å²) in [6.07, 6.45) is 4.66. The van der Waals surface area contributed by atoms with Gasteiger partial charge in [0, 0.05) is 18.0 Å². The number of carboxylic acid groups (broad SMARTS) is 1. The molecule has 0 amide bonds. The number of aromatic nitrogens is 1. The number of benzene rings is 1. The largest absolute Gasteiger partial charge is 0.478 e.